The van der Waals surface area contributed by atoms with Gasteiger partial charge in [0, 0.05) is 0 Å². The van der Waals surface area contributed by atoms with Crippen LogP contribution in [0.4, 0.5) is 0 Å². The Labute approximate surface area is 255 Å². The van der Waals surface area contributed by atoms with Crippen LogP contribution in [0.5, 0.6) is 23.3 Å². The van der Waals surface area contributed by atoms with Crippen LogP contribution in [-0.2, 0) is 21.6 Å². The number of nitrogens with zero attached hydrogens (tertiary/aromatic N) is 1. The maximum Gasteiger partial charge on any atom is 0.200 e. The number of rotatable bonds is 9. The lowest BCUT2D eigenvalue weighted by atomic mass is 9.79. The molecule has 0 aliphatic carbocycles. The van der Waals surface area contributed by atoms with Crippen molar-refractivity contribution in [3.05, 3.63) is 143 Å². The number of hydrogen-bond donors (Lipinski definition) is 3. The van der Waals surface area contributed by atoms with Gasteiger partial charge in [0.05, 0.1) is 31.9 Å². The molecular formula is C36H33NO7. The monoisotopic (exact) mass is 591 g/mol. The average molecular weight is 592 g/mol. The fraction of sp³-hybridized carbons (Fsp3) is 0.222. The van der Waals surface area contributed by atoms with Gasteiger partial charge in [0.1, 0.15) is 41.5 Å². The van der Waals surface area contributed by atoms with Gasteiger partial charge in [-0.1, -0.05) is 84.9 Å². The minimum atomic E-state index is -1.20. The molecule has 3 heterocycles. The average Bonchev–Trinajstić information content (AvgIpc) is 3.70. The summed E-state index contributed by atoms with van der Waals surface area (Å²) in [6.07, 6.45) is -3.71. The summed E-state index contributed by atoms with van der Waals surface area (Å²) in [6, 6.07) is 34.7. The maximum absolute atomic E-state index is 11.7. The Bertz CT molecular complexity index is 1700. The molecule has 8 heteroatoms. The van der Waals surface area contributed by atoms with Gasteiger partial charge in [-0.2, -0.15) is 0 Å². The summed E-state index contributed by atoms with van der Waals surface area (Å²) < 4.78 is 25.8. The smallest absolute Gasteiger partial charge is 0.200 e. The minimum Gasteiger partial charge on any atom is -0.497 e. The van der Waals surface area contributed by atoms with Crippen LogP contribution in [0.1, 0.15) is 45.6 Å². The van der Waals surface area contributed by atoms with E-state index < -0.39 is 30.0 Å². The van der Waals surface area contributed by atoms with Crippen LogP contribution < -0.4 is 9.47 Å². The van der Waals surface area contributed by atoms with Crippen molar-refractivity contribution in [2.45, 2.75) is 36.6 Å². The molecule has 2 aliphatic rings. The maximum atomic E-state index is 11.7. The lowest BCUT2D eigenvalue weighted by Gasteiger charge is -2.40. The van der Waals surface area contributed by atoms with Crippen LogP contribution in [0.2, 0.25) is 0 Å². The molecule has 8 nitrogen and oxygen atoms in total. The summed E-state index contributed by atoms with van der Waals surface area (Å²) in [7, 11) is 3.23. The van der Waals surface area contributed by atoms with E-state index in [2.05, 4.69) is 0 Å². The first-order valence-corrected chi connectivity index (χ1v) is 14.5. The lowest BCUT2D eigenvalue weighted by Crippen LogP contribution is -2.43. The molecule has 5 aromatic rings. The fourth-order valence-corrected chi connectivity index (χ4v) is 6.61. The van der Waals surface area contributed by atoms with Gasteiger partial charge in [-0.05, 0) is 46.5 Å². The van der Waals surface area contributed by atoms with Gasteiger partial charge in [0.25, 0.3) is 0 Å². The third-order valence-corrected chi connectivity index (χ3v) is 8.76. The molecule has 3 N–H and O–H groups in total. The van der Waals surface area contributed by atoms with E-state index in [1.165, 1.54) is 4.57 Å². The Morgan fingerprint density at radius 3 is 1.66 bits per heavy atom. The van der Waals surface area contributed by atoms with Gasteiger partial charge in [-0.15, -0.1) is 0 Å². The fourth-order valence-electron chi connectivity index (χ4n) is 6.61. The quantitative estimate of drug-likeness (QED) is 0.186. The normalized spacial score (nSPS) is 20.4. The highest BCUT2D eigenvalue weighted by molar-refractivity contribution is 5.55. The van der Waals surface area contributed by atoms with Crippen LogP contribution in [0, 0.1) is 0 Å². The van der Waals surface area contributed by atoms with Gasteiger partial charge in [0.2, 0.25) is 11.8 Å². The predicted octanol–water partition coefficient (Wildman–Crippen LogP) is 5.83. The van der Waals surface area contributed by atoms with Gasteiger partial charge in [0.15, 0.2) is 0 Å². The van der Waals surface area contributed by atoms with E-state index in [9.17, 15) is 15.3 Å². The van der Waals surface area contributed by atoms with Gasteiger partial charge in [-0.3, -0.25) is 4.57 Å². The van der Waals surface area contributed by atoms with Crippen molar-refractivity contribution in [3.8, 4) is 23.3 Å². The highest BCUT2D eigenvalue weighted by atomic mass is 16.6. The lowest BCUT2D eigenvalue weighted by molar-refractivity contribution is -0.106. The van der Waals surface area contributed by atoms with E-state index >= 15 is 0 Å². The number of ether oxygens (including phenoxy) is 4. The number of benzene rings is 4. The molecule has 224 valence electrons. The van der Waals surface area contributed by atoms with Crippen molar-refractivity contribution < 1.29 is 34.3 Å². The second kappa shape index (κ2) is 11.1. The first kappa shape index (κ1) is 28.0. The summed E-state index contributed by atoms with van der Waals surface area (Å²) in [5.41, 5.74) is 2.98. The van der Waals surface area contributed by atoms with Gasteiger partial charge in [-0.25, -0.2) is 0 Å². The van der Waals surface area contributed by atoms with Crippen molar-refractivity contribution >= 4 is 0 Å². The Kier molecular flexibility index (Phi) is 7.05. The molecule has 0 saturated carbocycles. The number of methoxy groups -OCH3 is 2. The molecule has 7 rings (SSSR count). The van der Waals surface area contributed by atoms with E-state index in [0.29, 0.717) is 22.6 Å². The van der Waals surface area contributed by atoms with E-state index in [1.807, 2.05) is 109 Å². The van der Waals surface area contributed by atoms with E-state index in [1.54, 1.807) is 14.2 Å². The number of hydrogen-bond acceptors (Lipinski definition) is 7. The standard InChI is InChI=1S/C36H33NO7/c1-41-26-17-13-24(14-18-26)36(23-11-7-4-8-12-23,25-15-19-27(42-2)20-16-25)44-33-30(38)31-28-29(32(33)43-31)35(40)37(34(28)39)21-22-9-5-3-6-10-22/h3-20,30-33,38-40H,21H2,1-2H3. The minimum absolute atomic E-state index is 0.103. The summed E-state index contributed by atoms with van der Waals surface area (Å²) >= 11 is 0. The highest BCUT2D eigenvalue weighted by Gasteiger charge is 2.59. The summed E-state index contributed by atoms with van der Waals surface area (Å²) in [5, 5.41) is 34.4. The molecule has 0 radical (unpaired) electrons. The zero-order chi connectivity index (χ0) is 30.4. The van der Waals surface area contributed by atoms with E-state index in [-0.39, 0.29) is 18.3 Å². The third-order valence-electron chi connectivity index (χ3n) is 8.76. The molecule has 1 fully saturated rings. The third kappa shape index (κ3) is 4.33. The molecule has 2 aliphatic heterocycles. The molecule has 0 amide bonds. The number of aliphatic hydroxyl groups excluding tert-OH is 1. The molecule has 4 aromatic carbocycles. The number of aromatic nitrogens is 1. The van der Waals surface area contributed by atoms with Crippen LogP contribution >= 0.6 is 0 Å². The summed E-state index contributed by atoms with van der Waals surface area (Å²) in [6.45, 7) is 0.262. The van der Waals surface area contributed by atoms with Crippen LogP contribution in [0.25, 0.3) is 0 Å². The first-order chi connectivity index (χ1) is 21.5. The number of aliphatic hydroxyl groups is 1. The van der Waals surface area contributed by atoms with Crippen molar-refractivity contribution in [2.24, 2.45) is 0 Å². The van der Waals surface area contributed by atoms with Crippen molar-refractivity contribution in [3.63, 3.8) is 0 Å². The second-order valence-electron chi connectivity index (χ2n) is 11.1. The van der Waals surface area contributed by atoms with E-state index in [4.69, 9.17) is 18.9 Å². The van der Waals surface area contributed by atoms with Crippen LogP contribution in [0.15, 0.2) is 109 Å². The predicted molar refractivity (Wildman–Crippen MR) is 163 cm³/mol. The second-order valence-corrected chi connectivity index (χ2v) is 11.1. The molecular weight excluding hydrogens is 558 g/mol. The molecule has 44 heavy (non-hydrogen) atoms. The van der Waals surface area contributed by atoms with Crippen molar-refractivity contribution in [1.82, 2.24) is 4.57 Å². The van der Waals surface area contributed by atoms with Gasteiger partial charge < -0.3 is 34.3 Å². The van der Waals surface area contributed by atoms with Crippen LogP contribution in [0.3, 0.4) is 0 Å². The molecule has 4 atom stereocenters. The molecule has 1 saturated heterocycles. The largest absolute Gasteiger partial charge is 0.497 e. The SMILES string of the molecule is COc1ccc(C(OC2C3OC(c4c3c(O)n(Cc3ccccc3)c4O)C2O)(c2ccccc2)c2ccc(OC)cc2)cc1. The Morgan fingerprint density at radius 2 is 1.14 bits per heavy atom. The Hall–Kier alpha value is -4.76. The number of fused-ring (bicyclic) bond motifs is 5. The number of aromatic hydroxyl groups is 2. The summed E-state index contributed by atoms with van der Waals surface area (Å²) in [4.78, 5) is 0. The molecule has 0 spiro atoms. The van der Waals surface area contributed by atoms with Crippen LogP contribution in [-0.4, -0.2) is 46.3 Å². The van der Waals surface area contributed by atoms with Crippen molar-refractivity contribution in [1.29, 1.82) is 0 Å². The van der Waals surface area contributed by atoms with E-state index in [0.717, 1.165) is 22.3 Å². The first-order valence-electron chi connectivity index (χ1n) is 14.5. The topological polar surface area (TPSA) is 103 Å². The zero-order valence-corrected chi connectivity index (χ0v) is 24.3. The Balaban J connectivity index is 1.36. The molecule has 1 aromatic heterocycles. The highest BCUT2D eigenvalue weighted by Crippen LogP contribution is 2.60. The Morgan fingerprint density at radius 1 is 0.659 bits per heavy atom. The molecule has 2 bridgehead atoms. The van der Waals surface area contributed by atoms with Gasteiger partial charge >= 0.3 is 0 Å². The van der Waals surface area contributed by atoms with Crippen molar-refractivity contribution in [2.75, 3.05) is 14.2 Å². The zero-order valence-electron chi connectivity index (χ0n) is 24.3. The molecule has 4 unspecified atom stereocenters. The summed E-state index contributed by atoms with van der Waals surface area (Å²) in [5.74, 6) is 1.16.